The molecule has 1 N–H and O–H groups in total. The number of alkyl halides is 3. The molecule has 6 nitrogen and oxygen atoms in total. The molecular weight excluding hydrogens is 389 g/mol. The molecule has 1 aliphatic heterocycles. The van der Waals surface area contributed by atoms with E-state index >= 15 is 0 Å². The first kappa shape index (κ1) is 18.4. The quantitative estimate of drug-likeness (QED) is 0.688. The molecule has 144 valence electrons. The van der Waals surface area contributed by atoms with Crippen LogP contribution < -0.4 is 10.2 Å². The molecular formula is C18H15F3N6S. The molecule has 0 bridgehead atoms. The summed E-state index contributed by atoms with van der Waals surface area (Å²) in [5.41, 5.74) is -0.0649. The summed E-state index contributed by atoms with van der Waals surface area (Å²) >= 11 is 1.44. The molecule has 0 amide bonds. The van der Waals surface area contributed by atoms with Gasteiger partial charge in [0.25, 0.3) is 0 Å². The van der Waals surface area contributed by atoms with Crippen molar-refractivity contribution in [2.24, 2.45) is 5.92 Å². The lowest BCUT2D eigenvalue weighted by Crippen LogP contribution is -2.34. The summed E-state index contributed by atoms with van der Waals surface area (Å²) in [7, 11) is 0. The van der Waals surface area contributed by atoms with E-state index in [0.717, 1.165) is 47.0 Å². The molecule has 0 aromatic carbocycles. The van der Waals surface area contributed by atoms with E-state index in [1.165, 1.54) is 17.4 Å². The van der Waals surface area contributed by atoms with Crippen LogP contribution >= 0.6 is 11.3 Å². The Morgan fingerprint density at radius 3 is 2.82 bits per heavy atom. The lowest BCUT2D eigenvalue weighted by molar-refractivity contribution is -0.137. The minimum absolute atomic E-state index is 0.00664. The van der Waals surface area contributed by atoms with E-state index in [-0.39, 0.29) is 11.7 Å². The number of nitrogens with one attached hydrogen (secondary N) is 1. The van der Waals surface area contributed by atoms with Crippen molar-refractivity contribution in [1.29, 1.82) is 5.26 Å². The van der Waals surface area contributed by atoms with Crippen LogP contribution in [0.4, 0.5) is 29.9 Å². The average Bonchev–Trinajstić information content (AvgIpc) is 3.13. The Labute approximate surface area is 162 Å². The van der Waals surface area contributed by atoms with Crippen LogP contribution in [-0.4, -0.2) is 28.0 Å². The minimum Gasteiger partial charge on any atom is -0.347 e. The van der Waals surface area contributed by atoms with Crippen molar-refractivity contribution in [3.05, 3.63) is 36.2 Å². The molecule has 1 atom stereocenters. The first-order valence-electron chi connectivity index (χ1n) is 8.64. The Hall–Kier alpha value is -2.93. The van der Waals surface area contributed by atoms with Gasteiger partial charge in [-0.3, -0.25) is 0 Å². The number of halogens is 3. The smallest absolute Gasteiger partial charge is 0.347 e. The summed E-state index contributed by atoms with van der Waals surface area (Å²) in [6, 6.07) is 6.35. The van der Waals surface area contributed by atoms with Crippen molar-refractivity contribution >= 4 is 38.3 Å². The number of nitriles is 1. The van der Waals surface area contributed by atoms with E-state index in [0.29, 0.717) is 12.4 Å². The van der Waals surface area contributed by atoms with Crippen LogP contribution in [0.1, 0.15) is 18.4 Å². The van der Waals surface area contributed by atoms with Crippen molar-refractivity contribution in [3.8, 4) is 6.07 Å². The van der Waals surface area contributed by atoms with Crippen molar-refractivity contribution < 1.29 is 13.2 Å². The van der Waals surface area contributed by atoms with Crippen molar-refractivity contribution in [3.63, 3.8) is 0 Å². The van der Waals surface area contributed by atoms with Crippen LogP contribution in [-0.2, 0) is 6.18 Å². The van der Waals surface area contributed by atoms with Crippen LogP contribution in [0.3, 0.4) is 0 Å². The number of rotatable bonds is 3. The summed E-state index contributed by atoms with van der Waals surface area (Å²) in [6.45, 7) is 1.49. The van der Waals surface area contributed by atoms with Crippen LogP contribution in [0.25, 0.3) is 10.2 Å². The lowest BCUT2D eigenvalue weighted by Gasteiger charge is -2.28. The fourth-order valence-corrected chi connectivity index (χ4v) is 4.12. The highest BCUT2D eigenvalue weighted by Gasteiger charge is 2.30. The fraction of sp³-hybridized carbons (Fsp3) is 0.333. The van der Waals surface area contributed by atoms with Gasteiger partial charge in [-0.15, -0.1) is 0 Å². The summed E-state index contributed by atoms with van der Waals surface area (Å²) in [5, 5.41) is 13.0. The maximum absolute atomic E-state index is 12.7. The van der Waals surface area contributed by atoms with Gasteiger partial charge in [0.15, 0.2) is 10.9 Å². The molecule has 3 aromatic heterocycles. The molecule has 0 aliphatic carbocycles. The number of pyridine rings is 2. The van der Waals surface area contributed by atoms with Crippen LogP contribution in [0.15, 0.2) is 30.6 Å². The van der Waals surface area contributed by atoms with Gasteiger partial charge in [0.1, 0.15) is 5.82 Å². The molecule has 1 unspecified atom stereocenters. The predicted molar refractivity (Wildman–Crippen MR) is 100 cm³/mol. The van der Waals surface area contributed by atoms with Gasteiger partial charge in [-0.25, -0.2) is 15.0 Å². The Morgan fingerprint density at radius 2 is 2.11 bits per heavy atom. The molecule has 3 aromatic rings. The standard InChI is InChI=1S/C18H15F3N6S/c19-18(20,21)12-3-4-14(24-9-12)26-16-15-13(5-6-23-16)25-17(28-15)27-7-1-2-11(8-22)10-27/h3-6,9,11H,1-2,7,10H2,(H,23,24,26). The van der Waals surface area contributed by atoms with E-state index in [4.69, 9.17) is 0 Å². The third-order valence-corrected chi connectivity index (χ3v) is 5.64. The van der Waals surface area contributed by atoms with Gasteiger partial charge in [-0.2, -0.15) is 18.4 Å². The third-order valence-electron chi connectivity index (χ3n) is 4.50. The first-order chi connectivity index (χ1) is 13.4. The molecule has 10 heteroatoms. The van der Waals surface area contributed by atoms with Crippen LogP contribution in [0.5, 0.6) is 0 Å². The second-order valence-electron chi connectivity index (χ2n) is 6.47. The van der Waals surface area contributed by atoms with Gasteiger partial charge in [-0.05, 0) is 31.0 Å². The number of nitrogens with zero attached hydrogens (tertiary/aromatic N) is 5. The Morgan fingerprint density at radius 1 is 1.25 bits per heavy atom. The number of hydrogen-bond acceptors (Lipinski definition) is 7. The number of hydrogen-bond donors (Lipinski definition) is 1. The maximum Gasteiger partial charge on any atom is 0.417 e. The normalized spacial score (nSPS) is 17.5. The lowest BCUT2D eigenvalue weighted by atomic mass is 10.0. The zero-order valence-corrected chi connectivity index (χ0v) is 15.4. The SMILES string of the molecule is N#CC1CCCN(c2nc3ccnc(Nc4ccc(C(F)(F)F)cn4)c3s2)C1. The molecule has 1 aliphatic rings. The number of aromatic nitrogens is 3. The Balaban J connectivity index is 1.60. The van der Waals surface area contributed by atoms with E-state index < -0.39 is 11.7 Å². The predicted octanol–water partition coefficient (Wildman–Crippen LogP) is 4.59. The van der Waals surface area contributed by atoms with Gasteiger partial charge in [0, 0.05) is 25.5 Å². The van der Waals surface area contributed by atoms with Crippen molar-refractivity contribution in [2.45, 2.75) is 19.0 Å². The van der Waals surface area contributed by atoms with E-state index in [1.807, 2.05) is 0 Å². The highest BCUT2D eigenvalue weighted by atomic mass is 32.1. The molecule has 4 heterocycles. The molecule has 1 fully saturated rings. The van der Waals surface area contributed by atoms with Gasteiger partial charge >= 0.3 is 6.18 Å². The molecule has 0 spiro atoms. The Kier molecular flexibility index (Phi) is 4.77. The van der Waals surface area contributed by atoms with E-state index in [9.17, 15) is 18.4 Å². The van der Waals surface area contributed by atoms with Gasteiger partial charge in [-0.1, -0.05) is 11.3 Å². The first-order valence-corrected chi connectivity index (χ1v) is 9.46. The highest BCUT2D eigenvalue weighted by molar-refractivity contribution is 7.22. The van der Waals surface area contributed by atoms with Gasteiger partial charge in [0.05, 0.1) is 27.8 Å². The number of fused-ring (bicyclic) bond motifs is 1. The summed E-state index contributed by atoms with van der Waals surface area (Å²) in [4.78, 5) is 14.9. The zero-order chi connectivity index (χ0) is 19.7. The van der Waals surface area contributed by atoms with Crippen molar-refractivity contribution in [1.82, 2.24) is 15.0 Å². The minimum atomic E-state index is -4.42. The summed E-state index contributed by atoms with van der Waals surface area (Å²) < 4.78 is 38.8. The molecule has 1 saturated heterocycles. The van der Waals surface area contributed by atoms with Gasteiger partial charge in [0.2, 0.25) is 0 Å². The second-order valence-corrected chi connectivity index (χ2v) is 7.45. The molecule has 0 saturated carbocycles. The highest BCUT2D eigenvalue weighted by Crippen LogP contribution is 2.36. The summed E-state index contributed by atoms with van der Waals surface area (Å²) in [6.07, 6.45) is -0.214. The van der Waals surface area contributed by atoms with E-state index in [1.54, 1.807) is 12.3 Å². The summed E-state index contributed by atoms with van der Waals surface area (Å²) in [5.74, 6) is 0.751. The number of thiazole rings is 1. The molecule has 4 rings (SSSR count). The van der Waals surface area contributed by atoms with Crippen LogP contribution in [0.2, 0.25) is 0 Å². The monoisotopic (exact) mass is 404 g/mol. The second kappa shape index (κ2) is 7.24. The third kappa shape index (κ3) is 3.71. The average molecular weight is 404 g/mol. The Bertz CT molecular complexity index is 1020. The number of piperidine rings is 1. The molecule has 0 radical (unpaired) electrons. The zero-order valence-electron chi connectivity index (χ0n) is 14.6. The molecule has 28 heavy (non-hydrogen) atoms. The topological polar surface area (TPSA) is 77.7 Å². The van der Waals surface area contributed by atoms with Crippen LogP contribution in [0, 0.1) is 17.2 Å². The fourth-order valence-electron chi connectivity index (χ4n) is 3.08. The van der Waals surface area contributed by atoms with E-state index in [2.05, 4.69) is 31.2 Å². The van der Waals surface area contributed by atoms with Gasteiger partial charge < -0.3 is 10.2 Å². The maximum atomic E-state index is 12.7. The number of anilines is 3. The largest absolute Gasteiger partial charge is 0.417 e. The van der Waals surface area contributed by atoms with Crippen molar-refractivity contribution in [2.75, 3.05) is 23.3 Å².